The minimum atomic E-state index is 0.0377. The van der Waals surface area contributed by atoms with Gasteiger partial charge in [0, 0.05) is 11.6 Å². The molecule has 0 aliphatic heterocycles. The Bertz CT molecular complexity index is 553. The van der Waals surface area contributed by atoms with Gasteiger partial charge < -0.3 is 4.74 Å². The molecule has 1 aromatic carbocycles. The number of benzene rings is 1. The number of ketones is 1. The van der Waals surface area contributed by atoms with E-state index in [1.807, 2.05) is 18.2 Å². The molecule has 1 heterocycles. The van der Waals surface area contributed by atoms with Crippen molar-refractivity contribution in [1.82, 2.24) is 9.97 Å². The molecule has 0 unspecified atom stereocenters. The molecule has 4 heteroatoms. The molecule has 0 atom stereocenters. The fourth-order valence-electron chi connectivity index (χ4n) is 1.69. The van der Waals surface area contributed by atoms with Gasteiger partial charge in [0.25, 0.3) is 0 Å². The Balaban J connectivity index is 2.19. The van der Waals surface area contributed by atoms with Gasteiger partial charge in [0.15, 0.2) is 5.78 Å². The van der Waals surface area contributed by atoms with Gasteiger partial charge in [-0.3, -0.25) is 4.79 Å². The predicted octanol–water partition coefficient (Wildman–Crippen LogP) is 2.22. The van der Waals surface area contributed by atoms with E-state index in [0.717, 1.165) is 0 Å². The van der Waals surface area contributed by atoms with Crippen molar-refractivity contribution < 1.29 is 9.53 Å². The molecule has 0 N–H and O–H groups in total. The van der Waals surface area contributed by atoms with Crippen molar-refractivity contribution in [3.05, 3.63) is 53.5 Å². The second-order valence-corrected chi connectivity index (χ2v) is 3.91. The summed E-state index contributed by atoms with van der Waals surface area (Å²) < 4.78 is 5.06. The van der Waals surface area contributed by atoms with Gasteiger partial charge in [-0.15, -0.1) is 0 Å². The lowest BCUT2D eigenvalue weighted by molar-refractivity contribution is 0.0992. The van der Waals surface area contributed by atoms with E-state index in [1.165, 1.54) is 0 Å². The first-order valence-corrected chi connectivity index (χ1v) is 5.66. The summed E-state index contributed by atoms with van der Waals surface area (Å²) in [6.45, 7) is 1.78. The summed E-state index contributed by atoms with van der Waals surface area (Å²) in [7, 11) is 1.55. The number of aromatic nitrogens is 2. The van der Waals surface area contributed by atoms with Crippen LogP contribution in [0.5, 0.6) is 5.88 Å². The van der Waals surface area contributed by atoms with Crippen molar-refractivity contribution in [2.45, 2.75) is 13.3 Å². The van der Waals surface area contributed by atoms with Crippen LogP contribution in [0.1, 0.15) is 21.9 Å². The summed E-state index contributed by atoms with van der Waals surface area (Å²) in [4.78, 5) is 20.3. The molecule has 0 fully saturated rings. The monoisotopic (exact) mass is 242 g/mol. The fourth-order valence-corrected chi connectivity index (χ4v) is 1.69. The molecule has 18 heavy (non-hydrogen) atoms. The summed E-state index contributed by atoms with van der Waals surface area (Å²) in [5.74, 6) is 1.12. The third kappa shape index (κ3) is 2.91. The molecule has 0 bridgehead atoms. The van der Waals surface area contributed by atoms with Crippen LogP contribution in [0.15, 0.2) is 36.4 Å². The summed E-state index contributed by atoms with van der Waals surface area (Å²) in [6.07, 6.45) is 0.254. The Kier molecular flexibility index (Phi) is 3.67. The van der Waals surface area contributed by atoms with Crippen molar-refractivity contribution in [2.75, 3.05) is 7.11 Å². The van der Waals surface area contributed by atoms with Gasteiger partial charge in [0.05, 0.1) is 19.2 Å². The lowest BCUT2D eigenvalue weighted by Crippen LogP contribution is -2.07. The molecule has 0 aliphatic rings. The molecular weight excluding hydrogens is 228 g/mol. The van der Waals surface area contributed by atoms with Crippen molar-refractivity contribution in [1.29, 1.82) is 0 Å². The second-order valence-electron chi connectivity index (χ2n) is 3.91. The molecule has 0 saturated heterocycles. The molecule has 2 aromatic rings. The number of carbonyl (C=O) groups is 1. The largest absolute Gasteiger partial charge is 0.481 e. The van der Waals surface area contributed by atoms with Crippen LogP contribution in [0, 0.1) is 6.92 Å². The van der Waals surface area contributed by atoms with Gasteiger partial charge in [-0.05, 0) is 6.92 Å². The van der Waals surface area contributed by atoms with Crippen LogP contribution in [0.4, 0.5) is 0 Å². The predicted molar refractivity (Wildman–Crippen MR) is 67.8 cm³/mol. The Labute approximate surface area is 106 Å². The average molecular weight is 242 g/mol. The van der Waals surface area contributed by atoms with Gasteiger partial charge >= 0.3 is 0 Å². The highest BCUT2D eigenvalue weighted by Crippen LogP contribution is 2.11. The van der Waals surface area contributed by atoms with Gasteiger partial charge in [0.1, 0.15) is 5.82 Å². The quantitative estimate of drug-likeness (QED) is 0.771. The Hall–Kier alpha value is -2.23. The summed E-state index contributed by atoms with van der Waals surface area (Å²) in [5, 5.41) is 0. The van der Waals surface area contributed by atoms with E-state index in [4.69, 9.17) is 4.74 Å². The number of carbonyl (C=O) groups excluding carboxylic acids is 1. The molecule has 1 aromatic heterocycles. The van der Waals surface area contributed by atoms with E-state index in [9.17, 15) is 4.79 Å². The highest BCUT2D eigenvalue weighted by Gasteiger charge is 2.09. The first-order valence-electron chi connectivity index (χ1n) is 5.66. The maximum atomic E-state index is 12.0. The highest BCUT2D eigenvalue weighted by molar-refractivity contribution is 5.97. The minimum absolute atomic E-state index is 0.0377. The fraction of sp³-hybridized carbons (Fsp3) is 0.214. The van der Waals surface area contributed by atoms with Crippen LogP contribution >= 0.6 is 0 Å². The maximum Gasteiger partial charge on any atom is 0.216 e. The number of rotatable bonds is 4. The second kappa shape index (κ2) is 5.40. The average Bonchev–Trinajstić information content (AvgIpc) is 2.39. The Morgan fingerprint density at radius 3 is 2.61 bits per heavy atom. The third-order valence-electron chi connectivity index (χ3n) is 2.51. The third-order valence-corrected chi connectivity index (χ3v) is 2.51. The van der Waals surface area contributed by atoms with Gasteiger partial charge in [-0.2, -0.15) is 4.98 Å². The number of hydrogen-bond donors (Lipinski definition) is 0. The number of ether oxygens (including phenoxy) is 1. The minimum Gasteiger partial charge on any atom is -0.481 e. The van der Waals surface area contributed by atoms with Crippen LogP contribution in [-0.2, 0) is 6.42 Å². The number of nitrogens with zero attached hydrogens (tertiary/aromatic N) is 2. The summed E-state index contributed by atoms with van der Waals surface area (Å²) in [5.41, 5.74) is 1.36. The van der Waals surface area contributed by atoms with Gasteiger partial charge in [-0.1, -0.05) is 30.3 Å². The molecule has 92 valence electrons. The van der Waals surface area contributed by atoms with E-state index >= 15 is 0 Å². The molecule has 0 saturated carbocycles. The van der Waals surface area contributed by atoms with E-state index in [0.29, 0.717) is 23.0 Å². The molecular formula is C14H14N2O2. The lowest BCUT2D eigenvalue weighted by Gasteiger charge is -2.04. The van der Waals surface area contributed by atoms with E-state index in [1.54, 1.807) is 32.2 Å². The van der Waals surface area contributed by atoms with Crippen molar-refractivity contribution >= 4 is 5.78 Å². The maximum absolute atomic E-state index is 12.0. The first-order chi connectivity index (χ1) is 8.69. The molecule has 0 spiro atoms. The standard InChI is InChI=1S/C14H14N2O2/c1-10-15-12(9-14(16-10)18-2)8-13(17)11-6-4-3-5-7-11/h3-7,9H,8H2,1-2H3. The van der Waals surface area contributed by atoms with Gasteiger partial charge in [-0.25, -0.2) is 4.98 Å². The zero-order chi connectivity index (χ0) is 13.0. The zero-order valence-corrected chi connectivity index (χ0v) is 10.4. The normalized spacial score (nSPS) is 10.1. The molecule has 2 rings (SSSR count). The first kappa shape index (κ1) is 12.2. The van der Waals surface area contributed by atoms with E-state index in [2.05, 4.69) is 9.97 Å². The number of aryl methyl sites for hydroxylation is 1. The van der Waals surface area contributed by atoms with E-state index in [-0.39, 0.29) is 12.2 Å². The number of hydrogen-bond acceptors (Lipinski definition) is 4. The van der Waals surface area contributed by atoms with Crippen molar-refractivity contribution in [3.8, 4) is 5.88 Å². The van der Waals surface area contributed by atoms with Crippen molar-refractivity contribution in [2.24, 2.45) is 0 Å². The van der Waals surface area contributed by atoms with E-state index < -0.39 is 0 Å². The SMILES string of the molecule is COc1cc(CC(=O)c2ccccc2)nc(C)n1. The number of methoxy groups -OCH3 is 1. The smallest absolute Gasteiger partial charge is 0.216 e. The molecule has 0 radical (unpaired) electrons. The topological polar surface area (TPSA) is 52.1 Å². The molecule has 0 aliphatic carbocycles. The highest BCUT2D eigenvalue weighted by atomic mass is 16.5. The molecule has 0 amide bonds. The summed E-state index contributed by atoms with van der Waals surface area (Å²) in [6, 6.07) is 10.9. The van der Waals surface area contributed by atoms with Crippen LogP contribution in [0.3, 0.4) is 0 Å². The van der Waals surface area contributed by atoms with Crippen LogP contribution in [0.2, 0.25) is 0 Å². The van der Waals surface area contributed by atoms with Crippen LogP contribution in [0.25, 0.3) is 0 Å². The van der Waals surface area contributed by atoms with Crippen LogP contribution < -0.4 is 4.74 Å². The molecule has 4 nitrogen and oxygen atoms in total. The summed E-state index contributed by atoms with van der Waals surface area (Å²) >= 11 is 0. The Morgan fingerprint density at radius 1 is 1.22 bits per heavy atom. The Morgan fingerprint density at radius 2 is 1.94 bits per heavy atom. The van der Waals surface area contributed by atoms with Gasteiger partial charge in [0.2, 0.25) is 5.88 Å². The number of Topliss-reactive ketones (excluding diaryl/α,β-unsaturated/α-hetero) is 1. The lowest BCUT2D eigenvalue weighted by atomic mass is 10.1. The van der Waals surface area contributed by atoms with Crippen LogP contribution in [-0.4, -0.2) is 22.9 Å². The van der Waals surface area contributed by atoms with Crippen molar-refractivity contribution in [3.63, 3.8) is 0 Å². The zero-order valence-electron chi connectivity index (χ0n) is 10.4.